The number of carbonyl (C=O) groups is 1. The normalized spacial score (nSPS) is 21.3. The van der Waals surface area contributed by atoms with Crippen LogP contribution in [-0.4, -0.2) is 57.4 Å². The first-order valence-corrected chi connectivity index (χ1v) is 14.8. The van der Waals surface area contributed by atoms with Crippen molar-refractivity contribution in [3.05, 3.63) is 71.8 Å². The van der Waals surface area contributed by atoms with Gasteiger partial charge in [-0.2, -0.15) is 0 Å². The minimum Gasteiger partial charge on any atom is -0.494 e. The zero-order valence-corrected chi connectivity index (χ0v) is 21.5. The van der Waals surface area contributed by atoms with Gasteiger partial charge in [0.05, 0.1) is 6.61 Å². The second-order valence-electron chi connectivity index (χ2n) is 10.2. The Kier molecular flexibility index (Phi) is 8.79. The second kappa shape index (κ2) is 12.0. The Labute approximate surface area is 210 Å². The van der Waals surface area contributed by atoms with Gasteiger partial charge in [0.15, 0.2) is 15.6 Å². The number of ether oxygens (including phenoxy) is 1. The summed E-state index contributed by atoms with van der Waals surface area (Å²) in [6.45, 7) is 4.16. The van der Waals surface area contributed by atoms with Gasteiger partial charge in [-0.25, -0.2) is 8.42 Å². The first-order chi connectivity index (χ1) is 16.9. The molecule has 188 valence electrons. The van der Waals surface area contributed by atoms with Crippen molar-refractivity contribution in [2.75, 3.05) is 38.2 Å². The molecular weight excluding hydrogens is 458 g/mol. The number of piperidine rings is 1. The Morgan fingerprint density at radius 2 is 1.77 bits per heavy atom. The summed E-state index contributed by atoms with van der Waals surface area (Å²) in [7, 11) is -3.30. The molecule has 1 heterocycles. The van der Waals surface area contributed by atoms with Crippen LogP contribution < -0.4 is 4.74 Å². The van der Waals surface area contributed by atoms with Crippen molar-refractivity contribution < 1.29 is 17.9 Å². The van der Waals surface area contributed by atoms with Crippen molar-refractivity contribution in [2.45, 2.75) is 38.0 Å². The molecule has 2 aliphatic rings. The lowest BCUT2D eigenvalue weighted by atomic mass is 9.90. The molecule has 0 aromatic heterocycles. The van der Waals surface area contributed by atoms with E-state index in [1.807, 2.05) is 24.3 Å². The molecule has 35 heavy (non-hydrogen) atoms. The maximum absolute atomic E-state index is 11.6. The van der Waals surface area contributed by atoms with Gasteiger partial charge in [0, 0.05) is 12.8 Å². The smallest absolute Gasteiger partial charge is 0.170 e. The summed E-state index contributed by atoms with van der Waals surface area (Å²) in [6.07, 6.45) is 10.4. The van der Waals surface area contributed by atoms with Crippen molar-refractivity contribution in [3.8, 4) is 5.75 Å². The van der Waals surface area contributed by atoms with Gasteiger partial charge < -0.3 is 9.64 Å². The summed E-state index contributed by atoms with van der Waals surface area (Å²) in [6, 6.07) is 18.5. The van der Waals surface area contributed by atoms with Crippen LogP contribution in [0.3, 0.4) is 0 Å². The highest BCUT2D eigenvalue weighted by Gasteiger charge is 2.39. The maximum Gasteiger partial charge on any atom is 0.170 e. The van der Waals surface area contributed by atoms with Crippen molar-refractivity contribution in [2.24, 2.45) is 11.8 Å². The molecule has 5 nitrogen and oxygen atoms in total. The summed E-state index contributed by atoms with van der Waals surface area (Å²) in [5.74, 6) is 2.52. The number of rotatable bonds is 12. The topological polar surface area (TPSA) is 63.7 Å². The van der Waals surface area contributed by atoms with Crippen molar-refractivity contribution >= 4 is 21.7 Å². The Balaban J connectivity index is 1.08. The number of sulfone groups is 1. The molecule has 4 rings (SSSR count). The Morgan fingerprint density at radius 3 is 2.46 bits per heavy atom. The number of allylic oxidation sites excluding steroid dienone is 1. The Hall–Kier alpha value is -2.44. The second-order valence-corrected chi connectivity index (χ2v) is 12.3. The molecule has 0 N–H and O–H groups in total. The molecule has 0 amide bonds. The van der Waals surface area contributed by atoms with Crippen molar-refractivity contribution in [1.82, 2.24) is 4.90 Å². The number of hydrogen-bond donors (Lipinski definition) is 0. The molecule has 0 unspecified atom stereocenters. The molecule has 1 aliphatic heterocycles. The fourth-order valence-electron chi connectivity index (χ4n) is 5.14. The van der Waals surface area contributed by atoms with Gasteiger partial charge >= 0.3 is 0 Å². The largest absolute Gasteiger partial charge is 0.494 e. The fourth-order valence-corrected chi connectivity index (χ4v) is 5.75. The molecule has 6 heteroatoms. The van der Waals surface area contributed by atoms with Crippen LogP contribution >= 0.6 is 0 Å². The number of likely N-dealkylation sites (tertiary alicyclic amines) is 1. The highest BCUT2D eigenvalue weighted by Crippen LogP contribution is 2.51. The lowest BCUT2D eigenvalue weighted by molar-refractivity contribution is -0.112. The maximum atomic E-state index is 11.6. The standard InChI is InChI=1S/C29H37NO4S/c1-35(32,33)22-27(31)11-8-23-9-12-28(13-10-23)34-19-5-16-30-17-14-24(15-18-30)20-26-21-29(26)25-6-3-2-4-7-25/h2-4,6-13,24,26,29H,5,14-22H2,1H3/b11-8+/t26-,29+/m1/s1. The SMILES string of the molecule is CS(=O)(=O)CC(=O)/C=C/c1ccc(OCCCN2CCC(C[C@@H]3C[C@H]3c3ccccc3)CC2)cc1. The first-order valence-electron chi connectivity index (χ1n) is 12.7. The average molecular weight is 496 g/mol. The van der Waals surface area contributed by atoms with E-state index in [1.165, 1.54) is 50.4 Å². The monoisotopic (exact) mass is 495 g/mol. The minimum atomic E-state index is -3.30. The van der Waals surface area contributed by atoms with E-state index in [0.29, 0.717) is 6.61 Å². The average Bonchev–Trinajstić information content (AvgIpc) is 3.61. The molecule has 1 saturated carbocycles. The van der Waals surface area contributed by atoms with E-state index in [9.17, 15) is 13.2 Å². The quantitative estimate of drug-likeness (QED) is 0.307. The van der Waals surface area contributed by atoms with Crippen molar-refractivity contribution in [3.63, 3.8) is 0 Å². The van der Waals surface area contributed by atoms with Crippen LogP contribution in [0.4, 0.5) is 0 Å². The number of nitrogens with zero attached hydrogens (tertiary/aromatic N) is 1. The highest BCUT2D eigenvalue weighted by atomic mass is 32.2. The van der Waals surface area contributed by atoms with Gasteiger partial charge in [-0.1, -0.05) is 48.5 Å². The number of hydrogen-bond acceptors (Lipinski definition) is 5. The number of benzene rings is 2. The van der Waals surface area contributed by atoms with E-state index >= 15 is 0 Å². The molecule has 0 bridgehead atoms. The van der Waals surface area contributed by atoms with E-state index in [1.54, 1.807) is 6.08 Å². The van der Waals surface area contributed by atoms with Crippen LogP contribution in [0.25, 0.3) is 6.08 Å². The van der Waals surface area contributed by atoms with E-state index < -0.39 is 21.4 Å². The third-order valence-electron chi connectivity index (χ3n) is 7.13. The molecule has 2 aromatic carbocycles. The third kappa shape index (κ3) is 8.62. The predicted molar refractivity (Wildman–Crippen MR) is 141 cm³/mol. The summed E-state index contributed by atoms with van der Waals surface area (Å²) in [4.78, 5) is 14.2. The first kappa shape index (κ1) is 25.6. The van der Waals surface area contributed by atoms with Gasteiger partial charge in [0.1, 0.15) is 11.5 Å². The summed E-state index contributed by atoms with van der Waals surface area (Å²) < 4.78 is 28.2. The third-order valence-corrected chi connectivity index (χ3v) is 7.94. The summed E-state index contributed by atoms with van der Waals surface area (Å²) in [5, 5.41) is 0. The molecule has 1 saturated heterocycles. The van der Waals surface area contributed by atoms with Gasteiger partial charge in [0.2, 0.25) is 0 Å². The van der Waals surface area contributed by atoms with E-state index in [-0.39, 0.29) is 0 Å². The summed E-state index contributed by atoms with van der Waals surface area (Å²) in [5.41, 5.74) is 2.36. The van der Waals surface area contributed by atoms with Gasteiger partial charge in [-0.05, 0) is 92.3 Å². The van der Waals surface area contributed by atoms with Gasteiger partial charge in [-0.3, -0.25) is 4.79 Å². The van der Waals surface area contributed by atoms with E-state index in [2.05, 4.69) is 35.2 Å². The molecular formula is C29H37NO4S. The number of ketones is 1. The molecule has 0 radical (unpaired) electrons. The molecule has 2 atom stereocenters. The Bertz CT molecular complexity index is 1090. The lowest BCUT2D eigenvalue weighted by Crippen LogP contribution is -2.35. The zero-order valence-electron chi connectivity index (χ0n) is 20.6. The van der Waals surface area contributed by atoms with Crippen LogP contribution in [0.1, 0.15) is 49.1 Å². The van der Waals surface area contributed by atoms with Crippen LogP contribution in [-0.2, 0) is 14.6 Å². The number of carbonyl (C=O) groups excluding carboxylic acids is 1. The molecule has 2 fully saturated rings. The molecule has 0 spiro atoms. The molecule has 1 aliphatic carbocycles. The van der Waals surface area contributed by atoms with Crippen LogP contribution in [0.15, 0.2) is 60.7 Å². The Morgan fingerprint density at radius 1 is 1.06 bits per heavy atom. The van der Waals surface area contributed by atoms with Crippen LogP contribution in [0.2, 0.25) is 0 Å². The van der Waals surface area contributed by atoms with Crippen LogP contribution in [0.5, 0.6) is 5.75 Å². The highest BCUT2D eigenvalue weighted by molar-refractivity contribution is 7.91. The molecule has 2 aromatic rings. The van der Waals surface area contributed by atoms with E-state index in [0.717, 1.165) is 48.3 Å². The minimum absolute atomic E-state index is 0.416. The van der Waals surface area contributed by atoms with Crippen molar-refractivity contribution in [1.29, 1.82) is 0 Å². The zero-order chi connectivity index (χ0) is 24.7. The van der Waals surface area contributed by atoms with E-state index in [4.69, 9.17) is 4.74 Å². The van der Waals surface area contributed by atoms with Crippen LogP contribution in [0, 0.1) is 11.8 Å². The fraction of sp³-hybridized carbons (Fsp3) is 0.483. The van der Waals surface area contributed by atoms with Gasteiger partial charge in [0.25, 0.3) is 0 Å². The van der Waals surface area contributed by atoms with Gasteiger partial charge in [-0.15, -0.1) is 0 Å². The lowest BCUT2D eigenvalue weighted by Gasteiger charge is -2.32. The summed E-state index contributed by atoms with van der Waals surface area (Å²) >= 11 is 0. The predicted octanol–water partition coefficient (Wildman–Crippen LogP) is 4.99.